The highest BCUT2D eigenvalue weighted by Gasteiger charge is 2.41. The van der Waals surface area contributed by atoms with Crippen LogP contribution in [-0.2, 0) is 4.79 Å². The zero-order chi connectivity index (χ0) is 24.0. The van der Waals surface area contributed by atoms with Gasteiger partial charge in [0.1, 0.15) is 18.3 Å². The second-order valence-electron chi connectivity index (χ2n) is 10.6. The summed E-state index contributed by atoms with van der Waals surface area (Å²) >= 11 is 3.52. The van der Waals surface area contributed by atoms with Crippen LogP contribution in [0.3, 0.4) is 0 Å². The SMILES string of the molecule is C[C@@H]1C[C@@H](F)c2ncnc(N3CCN(C(=O)[C@@H](c4ccc(Br)cc4)[C@@H]4CCC(C)(C)N4)CC3)c21. The van der Waals surface area contributed by atoms with E-state index in [1.807, 2.05) is 24.0 Å². The Bertz CT molecular complexity index is 1050. The van der Waals surface area contributed by atoms with E-state index >= 15 is 0 Å². The summed E-state index contributed by atoms with van der Waals surface area (Å²) in [6.07, 6.45) is 2.98. The van der Waals surface area contributed by atoms with E-state index in [1.54, 1.807) is 0 Å². The molecule has 34 heavy (non-hydrogen) atoms. The van der Waals surface area contributed by atoms with Gasteiger partial charge in [-0.3, -0.25) is 4.79 Å². The third-order valence-corrected chi connectivity index (χ3v) is 8.22. The highest BCUT2D eigenvalue weighted by atomic mass is 79.9. The van der Waals surface area contributed by atoms with Crippen LogP contribution in [0, 0.1) is 0 Å². The monoisotopic (exact) mass is 529 g/mol. The number of fused-ring (bicyclic) bond motifs is 1. The lowest BCUT2D eigenvalue weighted by Crippen LogP contribution is -2.53. The summed E-state index contributed by atoms with van der Waals surface area (Å²) in [5, 5.41) is 3.71. The molecule has 0 bridgehead atoms. The van der Waals surface area contributed by atoms with Crippen LogP contribution in [0.25, 0.3) is 0 Å². The van der Waals surface area contributed by atoms with Crippen molar-refractivity contribution >= 4 is 27.7 Å². The number of piperazine rings is 1. The maximum atomic E-state index is 14.4. The van der Waals surface area contributed by atoms with Gasteiger partial charge in [-0.25, -0.2) is 14.4 Å². The van der Waals surface area contributed by atoms with Gasteiger partial charge in [0.2, 0.25) is 5.91 Å². The number of nitrogens with zero attached hydrogens (tertiary/aromatic N) is 4. The van der Waals surface area contributed by atoms with Gasteiger partial charge in [0.05, 0.1) is 11.6 Å². The van der Waals surface area contributed by atoms with E-state index < -0.39 is 6.17 Å². The highest BCUT2D eigenvalue weighted by Crippen LogP contribution is 2.44. The maximum absolute atomic E-state index is 14.4. The highest BCUT2D eigenvalue weighted by molar-refractivity contribution is 9.10. The second-order valence-corrected chi connectivity index (χ2v) is 11.5. The summed E-state index contributed by atoms with van der Waals surface area (Å²) in [7, 11) is 0. The minimum absolute atomic E-state index is 0.0373. The molecule has 2 aliphatic heterocycles. The first-order valence-electron chi connectivity index (χ1n) is 12.3. The third-order valence-electron chi connectivity index (χ3n) is 7.69. The molecule has 1 N–H and O–H groups in total. The van der Waals surface area contributed by atoms with Gasteiger partial charge in [-0.15, -0.1) is 0 Å². The maximum Gasteiger partial charge on any atom is 0.231 e. The van der Waals surface area contributed by atoms with Crippen molar-refractivity contribution in [3.8, 4) is 0 Å². The van der Waals surface area contributed by atoms with E-state index in [-0.39, 0.29) is 29.3 Å². The van der Waals surface area contributed by atoms with E-state index in [4.69, 9.17) is 0 Å². The molecular weight excluding hydrogens is 497 g/mol. The number of aromatic nitrogens is 2. The van der Waals surface area contributed by atoms with Gasteiger partial charge >= 0.3 is 0 Å². The molecule has 0 unspecified atom stereocenters. The molecule has 5 rings (SSSR count). The van der Waals surface area contributed by atoms with Crippen LogP contribution in [0.1, 0.15) is 74.9 Å². The van der Waals surface area contributed by atoms with Crippen molar-refractivity contribution in [3.63, 3.8) is 0 Å². The van der Waals surface area contributed by atoms with E-state index in [1.165, 1.54) is 6.33 Å². The van der Waals surface area contributed by atoms with Crippen LogP contribution >= 0.6 is 15.9 Å². The van der Waals surface area contributed by atoms with Gasteiger partial charge in [-0.2, -0.15) is 0 Å². The minimum Gasteiger partial charge on any atom is -0.353 e. The summed E-state index contributed by atoms with van der Waals surface area (Å²) in [5.74, 6) is 0.923. The molecule has 1 aromatic heterocycles. The average Bonchev–Trinajstić information content (AvgIpc) is 3.33. The molecule has 2 fully saturated rings. The number of nitrogens with one attached hydrogen (secondary N) is 1. The van der Waals surface area contributed by atoms with E-state index in [2.05, 4.69) is 62.1 Å². The van der Waals surface area contributed by atoms with Crippen LogP contribution in [0.15, 0.2) is 35.1 Å². The molecule has 3 heterocycles. The van der Waals surface area contributed by atoms with Crippen LogP contribution in [0.5, 0.6) is 0 Å². The molecule has 0 spiro atoms. The Hall–Kier alpha value is -2.06. The predicted molar refractivity (Wildman–Crippen MR) is 135 cm³/mol. The van der Waals surface area contributed by atoms with Crippen molar-refractivity contribution in [2.45, 2.75) is 69.6 Å². The number of rotatable bonds is 4. The average molecular weight is 530 g/mol. The molecule has 0 saturated carbocycles. The molecule has 1 amide bonds. The lowest BCUT2D eigenvalue weighted by molar-refractivity contribution is -0.133. The number of hydrogen-bond donors (Lipinski definition) is 1. The number of halogens is 2. The molecule has 1 aliphatic carbocycles. The number of amides is 1. The van der Waals surface area contributed by atoms with Crippen LogP contribution < -0.4 is 10.2 Å². The van der Waals surface area contributed by atoms with Crippen molar-refractivity contribution in [2.24, 2.45) is 0 Å². The fraction of sp³-hybridized carbons (Fsp3) is 0.577. The first kappa shape index (κ1) is 23.7. The quantitative estimate of drug-likeness (QED) is 0.620. The molecule has 3 aliphatic rings. The molecule has 2 saturated heterocycles. The third kappa shape index (κ3) is 4.47. The van der Waals surface area contributed by atoms with Gasteiger partial charge in [0.25, 0.3) is 0 Å². The summed E-state index contributed by atoms with van der Waals surface area (Å²) in [6, 6.07) is 8.28. The summed E-state index contributed by atoms with van der Waals surface area (Å²) < 4.78 is 15.4. The minimum atomic E-state index is -1.01. The fourth-order valence-electron chi connectivity index (χ4n) is 5.88. The van der Waals surface area contributed by atoms with E-state index in [0.29, 0.717) is 38.3 Å². The lowest BCUT2D eigenvalue weighted by atomic mass is 9.89. The standard InChI is InChI=1S/C26H33BrFN5O/c1-16-14-19(28)23-21(16)24(30-15-29-23)32-10-12-33(13-11-32)25(34)22(17-4-6-18(27)7-5-17)20-8-9-26(2,3)31-20/h4-7,15-16,19-20,22,31H,8-14H2,1-3H3/t16-,19-,20+,22+/m1/s1. The van der Waals surface area contributed by atoms with Crippen molar-refractivity contribution in [1.82, 2.24) is 20.2 Å². The normalized spacial score (nSPS) is 27.0. The molecule has 2 aromatic rings. The van der Waals surface area contributed by atoms with Crippen molar-refractivity contribution in [2.75, 3.05) is 31.1 Å². The number of carbonyl (C=O) groups excluding carboxylic acids is 1. The van der Waals surface area contributed by atoms with Crippen molar-refractivity contribution in [3.05, 3.63) is 51.9 Å². The number of carbonyl (C=O) groups is 1. The number of hydrogen-bond acceptors (Lipinski definition) is 5. The molecule has 6 nitrogen and oxygen atoms in total. The van der Waals surface area contributed by atoms with Gasteiger partial charge in [0.15, 0.2) is 0 Å². The van der Waals surface area contributed by atoms with Crippen molar-refractivity contribution in [1.29, 1.82) is 0 Å². The molecule has 1 aromatic carbocycles. The summed E-state index contributed by atoms with van der Waals surface area (Å²) in [6.45, 7) is 9.10. The number of benzene rings is 1. The second kappa shape index (κ2) is 9.19. The molecule has 8 heteroatoms. The van der Waals surface area contributed by atoms with E-state index in [0.717, 1.165) is 34.3 Å². The van der Waals surface area contributed by atoms with Gasteiger partial charge in [0, 0.05) is 47.8 Å². The molecule has 182 valence electrons. The van der Waals surface area contributed by atoms with Gasteiger partial charge in [-0.05, 0) is 56.7 Å². The Morgan fingerprint density at radius 1 is 1.18 bits per heavy atom. The van der Waals surface area contributed by atoms with E-state index in [9.17, 15) is 9.18 Å². The molecular formula is C26H33BrFN5O. The lowest BCUT2D eigenvalue weighted by Gasteiger charge is -2.39. The number of anilines is 1. The zero-order valence-electron chi connectivity index (χ0n) is 20.1. The fourth-order valence-corrected chi connectivity index (χ4v) is 6.14. The first-order valence-corrected chi connectivity index (χ1v) is 13.1. The topological polar surface area (TPSA) is 61.4 Å². The Morgan fingerprint density at radius 3 is 2.53 bits per heavy atom. The Morgan fingerprint density at radius 2 is 1.88 bits per heavy atom. The van der Waals surface area contributed by atoms with Crippen molar-refractivity contribution < 1.29 is 9.18 Å². The molecule has 0 radical (unpaired) electrons. The van der Waals surface area contributed by atoms with Crippen LogP contribution in [-0.4, -0.2) is 58.5 Å². The summed E-state index contributed by atoms with van der Waals surface area (Å²) in [5.41, 5.74) is 2.58. The van der Waals surface area contributed by atoms with Gasteiger partial charge in [-0.1, -0.05) is 35.0 Å². The van der Waals surface area contributed by atoms with Crippen LogP contribution in [0.2, 0.25) is 0 Å². The Balaban J connectivity index is 1.33. The zero-order valence-corrected chi connectivity index (χ0v) is 21.7. The largest absolute Gasteiger partial charge is 0.353 e. The number of alkyl halides is 1. The van der Waals surface area contributed by atoms with Gasteiger partial charge < -0.3 is 15.1 Å². The first-order chi connectivity index (χ1) is 16.2. The molecule has 4 atom stereocenters. The Labute approximate surface area is 209 Å². The smallest absolute Gasteiger partial charge is 0.231 e. The predicted octanol–water partition coefficient (Wildman–Crippen LogP) is 4.72. The summed E-state index contributed by atoms with van der Waals surface area (Å²) in [4.78, 5) is 26.8. The Kier molecular flexibility index (Phi) is 6.40. The van der Waals surface area contributed by atoms with Crippen LogP contribution in [0.4, 0.5) is 10.2 Å².